The van der Waals surface area contributed by atoms with Gasteiger partial charge in [-0.1, -0.05) is 0 Å². The summed E-state index contributed by atoms with van der Waals surface area (Å²) in [6.07, 6.45) is 0. The highest BCUT2D eigenvalue weighted by Crippen LogP contribution is 2.26. The van der Waals surface area contributed by atoms with E-state index in [1.54, 1.807) is 0 Å². The molecule has 0 aliphatic heterocycles. The summed E-state index contributed by atoms with van der Waals surface area (Å²) in [5.74, 6) is -0.380. The van der Waals surface area contributed by atoms with Crippen molar-refractivity contribution in [1.82, 2.24) is 0 Å². The molecule has 0 atom stereocenters. The van der Waals surface area contributed by atoms with Crippen LogP contribution in [-0.4, -0.2) is 15.7 Å². The fourth-order valence-electron chi connectivity index (χ4n) is 0.903. The Hall–Kier alpha value is -1.62. The quantitative estimate of drug-likeness (QED) is 0.451. The van der Waals surface area contributed by atoms with Crippen LogP contribution >= 0.6 is 12.4 Å². The van der Waals surface area contributed by atoms with E-state index in [0.29, 0.717) is 5.56 Å². The fourth-order valence-corrected chi connectivity index (χ4v) is 0.903. The van der Waals surface area contributed by atoms with Crippen molar-refractivity contribution >= 4 is 23.8 Å². The molecule has 76 valence electrons. The van der Waals surface area contributed by atoms with Crippen molar-refractivity contribution < 1.29 is 10.0 Å². The Morgan fingerprint density at radius 3 is 2.57 bits per heavy atom. The Balaban J connectivity index is 0.00000169. The molecular weight excluding hydrogens is 208 g/mol. The average molecular weight is 217 g/mol. The third kappa shape index (κ3) is 2.43. The van der Waals surface area contributed by atoms with Crippen LogP contribution in [0.5, 0.6) is 5.75 Å². The molecule has 0 amide bonds. The molecule has 1 rings (SSSR count). The van der Waals surface area contributed by atoms with Crippen LogP contribution in [0, 0.1) is 15.5 Å². The number of phenolic OH excluding ortho intramolecular Hbond substituents is 1. The molecule has 0 aliphatic carbocycles. The molecule has 0 saturated carbocycles. The number of rotatable bonds is 2. The standard InChI is InChI=1S/C8H8N2O3.ClH/c1-5(9)6-2-3-8(11)7(4-6)10(12)13;/h2-4,9,11H,1H3;1H. The number of hydrogen-bond acceptors (Lipinski definition) is 4. The van der Waals surface area contributed by atoms with Gasteiger partial charge in [0.2, 0.25) is 0 Å². The lowest BCUT2D eigenvalue weighted by atomic mass is 10.1. The maximum absolute atomic E-state index is 10.4. The maximum Gasteiger partial charge on any atom is 0.311 e. The van der Waals surface area contributed by atoms with Gasteiger partial charge in [0.15, 0.2) is 5.75 Å². The number of nitrogens with one attached hydrogen (secondary N) is 1. The number of halogens is 1. The van der Waals surface area contributed by atoms with E-state index in [-0.39, 0.29) is 29.6 Å². The molecule has 1 aromatic carbocycles. The molecule has 0 unspecified atom stereocenters. The third-order valence-corrected chi connectivity index (χ3v) is 1.61. The van der Waals surface area contributed by atoms with Gasteiger partial charge in [-0.25, -0.2) is 0 Å². The first kappa shape index (κ1) is 12.4. The van der Waals surface area contributed by atoms with Crippen molar-refractivity contribution in [2.24, 2.45) is 0 Å². The minimum Gasteiger partial charge on any atom is -0.502 e. The molecule has 0 fully saturated rings. The van der Waals surface area contributed by atoms with Crippen LogP contribution in [0.25, 0.3) is 0 Å². The normalized spacial score (nSPS) is 8.93. The molecule has 1 aromatic rings. The summed E-state index contributed by atoms with van der Waals surface area (Å²) in [4.78, 5) is 9.69. The average Bonchev–Trinajstić information content (AvgIpc) is 2.04. The maximum atomic E-state index is 10.4. The van der Waals surface area contributed by atoms with E-state index in [0.717, 1.165) is 0 Å². The van der Waals surface area contributed by atoms with Gasteiger partial charge in [0.25, 0.3) is 0 Å². The molecule has 0 saturated heterocycles. The minimum atomic E-state index is -0.679. The van der Waals surface area contributed by atoms with Crippen molar-refractivity contribution in [2.45, 2.75) is 6.92 Å². The van der Waals surface area contributed by atoms with E-state index in [2.05, 4.69) is 0 Å². The number of nitrogens with zero attached hydrogens (tertiary/aromatic N) is 1. The Bertz CT molecular complexity index is 379. The highest BCUT2D eigenvalue weighted by Gasteiger charge is 2.13. The number of hydrogen-bond donors (Lipinski definition) is 2. The highest BCUT2D eigenvalue weighted by molar-refractivity contribution is 5.97. The Kier molecular flexibility index (Phi) is 4.04. The van der Waals surface area contributed by atoms with Gasteiger partial charge >= 0.3 is 5.69 Å². The monoisotopic (exact) mass is 216 g/mol. The summed E-state index contributed by atoms with van der Waals surface area (Å²) in [6, 6.07) is 3.85. The van der Waals surface area contributed by atoms with Crippen molar-refractivity contribution in [2.75, 3.05) is 0 Å². The first-order valence-corrected chi connectivity index (χ1v) is 3.55. The Labute approximate surface area is 86.4 Å². The first-order valence-electron chi connectivity index (χ1n) is 3.55. The molecule has 0 spiro atoms. The van der Waals surface area contributed by atoms with E-state index >= 15 is 0 Å². The predicted molar refractivity (Wildman–Crippen MR) is 54.5 cm³/mol. The molecule has 0 aliphatic rings. The van der Waals surface area contributed by atoms with Crippen molar-refractivity contribution in [1.29, 1.82) is 5.41 Å². The summed E-state index contributed by atoms with van der Waals surface area (Å²) in [6.45, 7) is 1.52. The summed E-state index contributed by atoms with van der Waals surface area (Å²) >= 11 is 0. The second kappa shape index (κ2) is 4.57. The van der Waals surface area contributed by atoms with Crippen molar-refractivity contribution in [3.05, 3.63) is 33.9 Å². The van der Waals surface area contributed by atoms with Crippen molar-refractivity contribution in [3.8, 4) is 5.75 Å². The minimum absolute atomic E-state index is 0. The number of aromatic hydroxyl groups is 1. The van der Waals surface area contributed by atoms with Gasteiger partial charge in [-0.15, -0.1) is 12.4 Å². The number of phenols is 1. The highest BCUT2D eigenvalue weighted by atomic mass is 35.5. The Morgan fingerprint density at radius 2 is 2.14 bits per heavy atom. The van der Waals surface area contributed by atoms with E-state index in [4.69, 9.17) is 10.5 Å². The second-order valence-electron chi connectivity index (χ2n) is 2.59. The second-order valence-corrected chi connectivity index (χ2v) is 2.59. The zero-order chi connectivity index (χ0) is 10.0. The van der Waals surface area contributed by atoms with Crippen LogP contribution in [0.15, 0.2) is 18.2 Å². The van der Waals surface area contributed by atoms with Crippen LogP contribution in [0.3, 0.4) is 0 Å². The van der Waals surface area contributed by atoms with Gasteiger partial charge < -0.3 is 10.5 Å². The molecule has 0 aromatic heterocycles. The van der Waals surface area contributed by atoms with Gasteiger partial charge in [0.05, 0.1) is 4.92 Å². The van der Waals surface area contributed by atoms with Crippen LogP contribution in [0.4, 0.5) is 5.69 Å². The molecule has 0 radical (unpaired) electrons. The van der Waals surface area contributed by atoms with Crippen LogP contribution in [0.2, 0.25) is 0 Å². The SMILES string of the molecule is CC(=N)c1ccc(O)c([N+](=O)[O-])c1.Cl. The number of nitro groups is 1. The summed E-state index contributed by atoms with van der Waals surface area (Å²) in [5, 5.41) is 26.7. The molecule has 6 heteroatoms. The lowest BCUT2D eigenvalue weighted by Gasteiger charge is -1.99. The van der Waals surface area contributed by atoms with E-state index in [1.165, 1.54) is 25.1 Å². The summed E-state index contributed by atoms with van der Waals surface area (Å²) in [5.41, 5.74) is 0.289. The predicted octanol–water partition coefficient (Wildman–Crippen LogP) is 2.11. The largest absolute Gasteiger partial charge is 0.502 e. The molecular formula is C8H9ClN2O3. The van der Waals surface area contributed by atoms with Crippen LogP contribution in [-0.2, 0) is 0 Å². The Morgan fingerprint density at radius 1 is 1.57 bits per heavy atom. The van der Waals surface area contributed by atoms with E-state index < -0.39 is 4.92 Å². The molecule has 5 nitrogen and oxygen atoms in total. The fraction of sp³-hybridized carbons (Fsp3) is 0.125. The summed E-state index contributed by atoms with van der Waals surface area (Å²) in [7, 11) is 0. The van der Waals surface area contributed by atoms with Gasteiger partial charge in [-0.05, 0) is 19.1 Å². The van der Waals surface area contributed by atoms with E-state index in [9.17, 15) is 10.1 Å². The van der Waals surface area contributed by atoms with Crippen LogP contribution < -0.4 is 0 Å². The topological polar surface area (TPSA) is 87.2 Å². The first-order chi connectivity index (χ1) is 6.02. The number of benzene rings is 1. The third-order valence-electron chi connectivity index (χ3n) is 1.61. The van der Waals surface area contributed by atoms with Gasteiger partial charge in [-0.2, -0.15) is 0 Å². The van der Waals surface area contributed by atoms with E-state index in [1.807, 2.05) is 0 Å². The number of nitro benzene ring substituents is 1. The molecule has 2 N–H and O–H groups in total. The van der Waals surface area contributed by atoms with Gasteiger partial charge in [0.1, 0.15) is 0 Å². The molecule has 0 bridgehead atoms. The van der Waals surface area contributed by atoms with Gasteiger partial charge in [-0.3, -0.25) is 10.1 Å². The van der Waals surface area contributed by atoms with Crippen molar-refractivity contribution in [3.63, 3.8) is 0 Å². The van der Waals surface area contributed by atoms with Gasteiger partial charge in [0, 0.05) is 17.3 Å². The zero-order valence-corrected chi connectivity index (χ0v) is 8.17. The molecule has 14 heavy (non-hydrogen) atoms. The smallest absolute Gasteiger partial charge is 0.311 e. The van der Waals surface area contributed by atoms with Crippen LogP contribution in [0.1, 0.15) is 12.5 Å². The lowest BCUT2D eigenvalue weighted by Crippen LogP contribution is -1.95. The molecule has 0 heterocycles. The summed E-state index contributed by atoms with van der Waals surface area (Å²) < 4.78 is 0. The zero-order valence-electron chi connectivity index (χ0n) is 7.35. The lowest BCUT2D eigenvalue weighted by molar-refractivity contribution is -0.385.